The Labute approximate surface area is 106 Å². The first-order valence-corrected chi connectivity index (χ1v) is 6.03. The predicted molar refractivity (Wildman–Crippen MR) is 69.2 cm³/mol. The molecule has 88 valence electrons. The molecule has 18 heavy (non-hydrogen) atoms. The minimum absolute atomic E-state index is 0.292. The quantitative estimate of drug-likeness (QED) is 0.758. The molecule has 1 amide bonds. The molecule has 0 spiro atoms. The lowest BCUT2D eigenvalue weighted by Gasteiger charge is -1.95. The first-order chi connectivity index (χ1) is 8.74. The Morgan fingerprint density at radius 1 is 1.17 bits per heavy atom. The van der Waals surface area contributed by atoms with Gasteiger partial charge in [-0.2, -0.15) is 0 Å². The van der Waals surface area contributed by atoms with Gasteiger partial charge in [-0.15, -0.1) is 11.3 Å². The van der Waals surface area contributed by atoms with E-state index in [1.807, 2.05) is 24.3 Å². The Kier molecular flexibility index (Phi) is 2.49. The second-order valence-corrected chi connectivity index (χ2v) is 4.68. The maximum Gasteiger partial charge on any atom is 0.251 e. The maximum atomic E-state index is 10.9. The van der Waals surface area contributed by atoms with Crippen LogP contribution in [0.5, 0.6) is 0 Å². The number of carbonyl (C=O) groups excluding carboxylic acids is 1. The summed E-state index contributed by atoms with van der Waals surface area (Å²) in [7, 11) is 0. The monoisotopic (exact) mass is 256 g/mol. The normalized spacial score (nSPS) is 10.7. The third-order valence-corrected chi connectivity index (χ3v) is 3.45. The van der Waals surface area contributed by atoms with Gasteiger partial charge in [0.2, 0.25) is 0 Å². The van der Waals surface area contributed by atoms with Crippen LogP contribution in [0.4, 0.5) is 0 Å². The van der Waals surface area contributed by atoms with Crippen LogP contribution < -0.4 is 5.73 Å². The zero-order chi connectivity index (χ0) is 12.5. The summed E-state index contributed by atoms with van der Waals surface area (Å²) in [4.78, 5) is 23.6. The van der Waals surface area contributed by atoms with Gasteiger partial charge in [0.05, 0.1) is 15.8 Å². The third-order valence-electron chi connectivity index (χ3n) is 2.42. The van der Waals surface area contributed by atoms with Crippen LogP contribution in [0.3, 0.4) is 0 Å². The number of hydrogen-bond acceptors (Lipinski definition) is 5. The van der Waals surface area contributed by atoms with Gasteiger partial charge in [-0.1, -0.05) is 12.1 Å². The van der Waals surface area contributed by atoms with Crippen LogP contribution in [0.15, 0.2) is 36.7 Å². The predicted octanol–water partition coefficient (Wildman–Crippen LogP) is 1.85. The van der Waals surface area contributed by atoms with Gasteiger partial charge in [0.15, 0.2) is 10.8 Å². The molecule has 0 fully saturated rings. The maximum absolute atomic E-state index is 10.9. The van der Waals surface area contributed by atoms with Gasteiger partial charge < -0.3 is 5.73 Å². The summed E-state index contributed by atoms with van der Waals surface area (Å²) in [6.07, 6.45) is 2.83. The van der Waals surface area contributed by atoms with E-state index in [1.165, 1.54) is 23.7 Å². The van der Waals surface area contributed by atoms with E-state index in [0.29, 0.717) is 11.4 Å². The molecule has 0 saturated heterocycles. The van der Waals surface area contributed by atoms with E-state index in [0.717, 1.165) is 15.2 Å². The number of carbonyl (C=O) groups is 1. The number of rotatable bonds is 2. The third kappa shape index (κ3) is 1.82. The van der Waals surface area contributed by atoms with Crippen molar-refractivity contribution in [3.8, 4) is 10.8 Å². The molecule has 0 saturated carbocycles. The van der Waals surface area contributed by atoms with Crippen LogP contribution in [0.25, 0.3) is 21.0 Å². The van der Waals surface area contributed by atoms with Gasteiger partial charge in [0.25, 0.3) is 5.91 Å². The van der Waals surface area contributed by atoms with Crippen molar-refractivity contribution >= 4 is 27.5 Å². The second-order valence-electron chi connectivity index (χ2n) is 3.65. The zero-order valence-corrected chi connectivity index (χ0v) is 10.0. The van der Waals surface area contributed by atoms with Crippen molar-refractivity contribution < 1.29 is 4.79 Å². The Morgan fingerprint density at radius 3 is 2.56 bits per heavy atom. The van der Waals surface area contributed by atoms with Crippen molar-refractivity contribution in [3.05, 3.63) is 42.2 Å². The fourth-order valence-corrected chi connectivity index (χ4v) is 2.45. The van der Waals surface area contributed by atoms with Gasteiger partial charge >= 0.3 is 0 Å². The molecule has 0 unspecified atom stereocenters. The Morgan fingerprint density at radius 2 is 1.89 bits per heavy atom. The number of nitrogens with two attached hydrogens (primary N) is 1. The van der Waals surface area contributed by atoms with E-state index in [2.05, 4.69) is 15.0 Å². The van der Waals surface area contributed by atoms with E-state index in [1.54, 1.807) is 0 Å². The average molecular weight is 256 g/mol. The zero-order valence-electron chi connectivity index (χ0n) is 9.20. The summed E-state index contributed by atoms with van der Waals surface area (Å²) < 4.78 is 1.08. The van der Waals surface area contributed by atoms with Gasteiger partial charge in [0.1, 0.15) is 0 Å². The van der Waals surface area contributed by atoms with Gasteiger partial charge in [-0.05, 0) is 12.1 Å². The standard InChI is InChI=1S/C12H8N4OS/c13-10(17)7-5-14-11(15-6-7)12-16-8-3-1-2-4-9(8)18-12/h1-6H,(H2,13,17). The molecule has 3 rings (SSSR count). The van der Waals surface area contributed by atoms with Crippen molar-refractivity contribution in [2.24, 2.45) is 5.73 Å². The molecule has 3 aromatic rings. The van der Waals surface area contributed by atoms with E-state index < -0.39 is 5.91 Å². The molecule has 0 aliphatic heterocycles. The number of para-hydroxylation sites is 1. The van der Waals surface area contributed by atoms with Crippen molar-refractivity contribution in [1.29, 1.82) is 0 Å². The Hall–Kier alpha value is -2.34. The van der Waals surface area contributed by atoms with Crippen LogP contribution in [-0.2, 0) is 0 Å². The fourth-order valence-electron chi connectivity index (χ4n) is 1.53. The summed E-state index contributed by atoms with van der Waals surface area (Å²) in [5.74, 6) is -0.0351. The van der Waals surface area contributed by atoms with Gasteiger partial charge in [0, 0.05) is 12.4 Å². The lowest BCUT2D eigenvalue weighted by Crippen LogP contribution is -2.11. The lowest BCUT2D eigenvalue weighted by atomic mass is 10.3. The number of aromatic nitrogens is 3. The fraction of sp³-hybridized carbons (Fsp3) is 0. The molecular weight excluding hydrogens is 248 g/mol. The van der Waals surface area contributed by atoms with Gasteiger partial charge in [-0.3, -0.25) is 4.79 Å². The highest BCUT2D eigenvalue weighted by atomic mass is 32.1. The second kappa shape index (κ2) is 4.15. The topological polar surface area (TPSA) is 81.8 Å². The molecule has 0 aliphatic carbocycles. The highest BCUT2D eigenvalue weighted by Crippen LogP contribution is 2.27. The molecule has 2 aromatic heterocycles. The lowest BCUT2D eigenvalue weighted by molar-refractivity contribution is 0.0999. The minimum atomic E-state index is -0.536. The molecular formula is C12H8N4OS. The molecule has 0 radical (unpaired) electrons. The number of hydrogen-bond donors (Lipinski definition) is 1. The number of primary amides is 1. The van der Waals surface area contributed by atoms with Crippen LogP contribution in [0, 0.1) is 0 Å². The SMILES string of the molecule is NC(=O)c1cnc(-c2nc3ccccc3s2)nc1. The van der Waals surface area contributed by atoms with Crippen molar-refractivity contribution in [2.75, 3.05) is 0 Å². The van der Waals surface area contributed by atoms with Crippen molar-refractivity contribution in [2.45, 2.75) is 0 Å². The van der Waals surface area contributed by atoms with Crippen LogP contribution >= 0.6 is 11.3 Å². The molecule has 0 bridgehead atoms. The molecule has 1 aromatic carbocycles. The van der Waals surface area contributed by atoms with E-state index >= 15 is 0 Å². The van der Waals surface area contributed by atoms with Crippen LogP contribution in [0.1, 0.15) is 10.4 Å². The molecule has 2 N–H and O–H groups in total. The number of benzene rings is 1. The Bertz CT molecular complexity index is 687. The largest absolute Gasteiger partial charge is 0.366 e. The summed E-state index contributed by atoms with van der Waals surface area (Å²) in [6.45, 7) is 0. The van der Waals surface area contributed by atoms with E-state index in [9.17, 15) is 4.79 Å². The van der Waals surface area contributed by atoms with Crippen molar-refractivity contribution in [3.63, 3.8) is 0 Å². The Balaban J connectivity index is 2.06. The highest BCUT2D eigenvalue weighted by molar-refractivity contribution is 7.21. The number of fused-ring (bicyclic) bond motifs is 1. The molecule has 6 heteroatoms. The van der Waals surface area contributed by atoms with E-state index in [4.69, 9.17) is 5.73 Å². The average Bonchev–Trinajstić information content (AvgIpc) is 2.82. The van der Waals surface area contributed by atoms with E-state index in [-0.39, 0.29) is 0 Å². The number of thiazole rings is 1. The van der Waals surface area contributed by atoms with Crippen LogP contribution in [0.2, 0.25) is 0 Å². The smallest absolute Gasteiger partial charge is 0.251 e. The molecule has 2 heterocycles. The summed E-state index contributed by atoms with van der Waals surface area (Å²) in [5, 5.41) is 0.729. The van der Waals surface area contributed by atoms with Crippen LogP contribution in [-0.4, -0.2) is 20.9 Å². The summed E-state index contributed by atoms with van der Waals surface area (Å²) >= 11 is 1.51. The first-order valence-electron chi connectivity index (χ1n) is 5.22. The summed E-state index contributed by atoms with van der Waals surface area (Å²) in [5.41, 5.74) is 6.34. The number of nitrogens with zero attached hydrogens (tertiary/aromatic N) is 3. The molecule has 0 aliphatic rings. The highest BCUT2D eigenvalue weighted by Gasteiger charge is 2.09. The van der Waals surface area contributed by atoms with Gasteiger partial charge in [-0.25, -0.2) is 15.0 Å². The molecule has 0 atom stereocenters. The van der Waals surface area contributed by atoms with Crippen molar-refractivity contribution in [1.82, 2.24) is 15.0 Å². The first kappa shape index (κ1) is 10.8. The molecule has 5 nitrogen and oxygen atoms in total. The minimum Gasteiger partial charge on any atom is -0.366 e. The summed E-state index contributed by atoms with van der Waals surface area (Å²) in [6, 6.07) is 7.83. The number of amides is 1.